The van der Waals surface area contributed by atoms with Crippen LogP contribution in [0.5, 0.6) is 0 Å². The molecular formula is C20H33N5O4S2. The van der Waals surface area contributed by atoms with Crippen LogP contribution in [0, 0.1) is 5.92 Å². The molecule has 3 amide bonds. The van der Waals surface area contributed by atoms with Gasteiger partial charge in [-0.05, 0) is 51.4 Å². The molecule has 4 N–H and O–H groups in total. The van der Waals surface area contributed by atoms with Crippen molar-refractivity contribution in [2.45, 2.75) is 94.0 Å². The highest BCUT2D eigenvalue weighted by Crippen LogP contribution is 2.33. The minimum Gasteiger partial charge on any atom is -0.368 e. The van der Waals surface area contributed by atoms with Crippen LogP contribution in [0.3, 0.4) is 0 Å². The average molecular weight is 472 g/mol. The molecule has 0 radical (unpaired) electrons. The Morgan fingerprint density at radius 2 is 1.74 bits per heavy atom. The SMILES string of the molecule is CC(NS(=O)(=O)c1cnc(NC(=O)N(C2CCCCC2)[C@H]2CC[C@H](C)CC2)s1)C(N)=O. The Morgan fingerprint density at radius 3 is 2.35 bits per heavy atom. The lowest BCUT2D eigenvalue weighted by molar-refractivity contribution is -0.119. The number of anilines is 1. The number of hydrogen-bond acceptors (Lipinski definition) is 6. The highest BCUT2D eigenvalue weighted by Gasteiger charge is 2.34. The summed E-state index contributed by atoms with van der Waals surface area (Å²) in [7, 11) is -3.95. The summed E-state index contributed by atoms with van der Waals surface area (Å²) in [5.74, 6) is -0.0823. The van der Waals surface area contributed by atoms with Crippen molar-refractivity contribution in [2.24, 2.45) is 11.7 Å². The molecule has 0 bridgehead atoms. The highest BCUT2D eigenvalue weighted by molar-refractivity contribution is 7.91. The third kappa shape index (κ3) is 6.17. The number of thiazole rings is 1. The van der Waals surface area contributed by atoms with Crippen molar-refractivity contribution < 1.29 is 18.0 Å². The van der Waals surface area contributed by atoms with E-state index in [0.29, 0.717) is 5.92 Å². The van der Waals surface area contributed by atoms with Crippen molar-refractivity contribution in [1.29, 1.82) is 0 Å². The summed E-state index contributed by atoms with van der Waals surface area (Å²) in [4.78, 5) is 30.5. The highest BCUT2D eigenvalue weighted by atomic mass is 32.2. The van der Waals surface area contributed by atoms with Crippen molar-refractivity contribution >= 4 is 38.4 Å². The van der Waals surface area contributed by atoms with Gasteiger partial charge in [0, 0.05) is 12.1 Å². The monoisotopic (exact) mass is 471 g/mol. The van der Waals surface area contributed by atoms with Crippen LogP contribution in [-0.2, 0) is 14.8 Å². The van der Waals surface area contributed by atoms with Crippen LogP contribution in [0.1, 0.15) is 71.6 Å². The second kappa shape index (κ2) is 10.3. The molecule has 2 fully saturated rings. The first-order valence-electron chi connectivity index (χ1n) is 11.0. The molecule has 0 spiro atoms. The Balaban J connectivity index is 1.72. The molecule has 2 aliphatic rings. The van der Waals surface area contributed by atoms with Gasteiger partial charge in [-0.25, -0.2) is 18.2 Å². The first-order valence-corrected chi connectivity index (χ1v) is 13.3. The number of rotatable bonds is 7. The molecule has 31 heavy (non-hydrogen) atoms. The zero-order valence-corrected chi connectivity index (χ0v) is 19.8. The molecule has 1 unspecified atom stereocenters. The van der Waals surface area contributed by atoms with Crippen molar-refractivity contribution in [3.63, 3.8) is 0 Å². The molecule has 1 atom stereocenters. The van der Waals surface area contributed by atoms with Gasteiger partial charge in [-0.15, -0.1) is 0 Å². The van der Waals surface area contributed by atoms with Crippen molar-refractivity contribution in [2.75, 3.05) is 5.32 Å². The van der Waals surface area contributed by atoms with Crippen LogP contribution >= 0.6 is 11.3 Å². The molecule has 1 heterocycles. The second-order valence-corrected chi connectivity index (χ2v) is 11.7. The Kier molecular flexibility index (Phi) is 7.92. The van der Waals surface area contributed by atoms with Gasteiger partial charge in [-0.3, -0.25) is 10.1 Å². The van der Waals surface area contributed by atoms with E-state index in [1.165, 1.54) is 19.5 Å². The normalized spacial score (nSPS) is 23.8. The smallest absolute Gasteiger partial charge is 0.324 e. The third-order valence-electron chi connectivity index (χ3n) is 6.30. The Labute approximate surface area is 188 Å². The third-order valence-corrected chi connectivity index (χ3v) is 9.22. The Hall–Kier alpha value is -1.72. The van der Waals surface area contributed by atoms with Gasteiger partial charge in [-0.1, -0.05) is 37.5 Å². The number of carbonyl (C=O) groups excluding carboxylic acids is 2. The summed E-state index contributed by atoms with van der Waals surface area (Å²) in [6.45, 7) is 3.63. The van der Waals surface area contributed by atoms with E-state index in [4.69, 9.17) is 5.73 Å². The number of nitrogens with one attached hydrogen (secondary N) is 2. The summed E-state index contributed by atoms with van der Waals surface area (Å²) in [5.41, 5.74) is 5.14. The van der Waals surface area contributed by atoms with E-state index in [-0.39, 0.29) is 27.5 Å². The first kappa shape index (κ1) is 23.9. The van der Waals surface area contributed by atoms with E-state index in [0.717, 1.165) is 62.7 Å². The van der Waals surface area contributed by atoms with Crippen molar-refractivity contribution in [3.05, 3.63) is 6.20 Å². The maximum absolute atomic E-state index is 13.3. The zero-order chi connectivity index (χ0) is 22.6. The maximum Gasteiger partial charge on any atom is 0.324 e. The number of amides is 3. The molecule has 2 aliphatic carbocycles. The lowest BCUT2D eigenvalue weighted by atomic mass is 9.84. The standard InChI is InChI=1S/C20H33N5O4S2/c1-13-8-10-16(11-9-13)25(15-6-4-3-5-7-15)20(27)23-19-22-12-17(30-19)31(28,29)24-14(2)18(21)26/h12-16,24H,3-11H2,1-2H3,(H2,21,26)(H,22,23,27)/t13-,14?,16-. The van der Waals surface area contributed by atoms with E-state index >= 15 is 0 Å². The van der Waals surface area contributed by atoms with E-state index < -0.39 is 22.0 Å². The summed E-state index contributed by atoms with van der Waals surface area (Å²) < 4.78 is 27.0. The van der Waals surface area contributed by atoms with E-state index in [1.807, 2.05) is 4.90 Å². The number of hydrogen-bond donors (Lipinski definition) is 3. The van der Waals surface area contributed by atoms with Gasteiger partial charge in [0.25, 0.3) is 10.0 Å². The van der Waals surface area contributed by atoms with Crippen molar-refractivity contribution in [3.8, 4) is 0 Å². The number of nitrogens with zero attached hydrogens (tertiary/aromatic N) is 2. The molecule has 11 heteroatoms. The summed E-state index contributed by atoms with van der Waals surface area (Å²) >= 11 is 0.861. The van der Waals surface area contributed by atoms with Crippen LogP contribution in [-0.4, -0.2) is 48.4 Å². The topological polar surface area (TPSA) is 134 Å². The molecule has 0 saturated heterocycles. The van der Waals surface area contributed by atoms with E-state index in [2.05, 4.69) is 21.9 Å². The van der Waals surface area contributed by atoms with E-state index in [1.54, 1.807) is 0 Å². The molecule has 0 aromatic carbocycles. The molecule has 1 aromatic heterocycles. The Bertz CT molecular complexity index is 874. The zero-order valence-electron chi connectivity index (χ0n) is 18.2. The minimum absolute atomic E-state index is 0.0772. The van der Waals surface area contributed by atoms with Crippen LogP contribution in [0.2, 0.25) is 0 Å². The lowest BCUT2D eigenvalue weighted by Gasteiger charge is -2.42. The summed E-state index contributed by atoms with van der Waals surface area (Å²) in [6.07, 6.45) is 10.9. The van der Waals surface area contributed by atoms with Crippen LogP contribution in [0.15, 0.2) is 10.4 Å². The van der Waals surface area contributed by atoms with Gasteiger partial charge in [0.1, 0.15) is 0 Å². The number of nitrogens with two attached hydrogens (primary N) is 1. The fourth-order valence-electron chi connectivity index (χ4n) is 4.46. The van der Waals surface area contributed by atoms with Crippen LogP contribution in [0.4, 0.5) is 9.93 Å². The van der Waals surface area contributed by atoms with Gasteiger partial charge < -0.3 is 10.6 Å². The fourth-order valence-corrected chi connectivity index (χ4v) is 6.70. The number of carbonyl (C=O) groups is 2. The molecule has 174 valence electrons. The molecule has 0 aliphatic heterocycles. The van der Waals surface area contributed by atoms with Gasteiger partial charge in [0.05, 0.1) is 12.2 Å². The van der Waals surface area contributed by atoms with E-state index in [9.17, 15) is 18.0 Å². The molecular weight excluding hydrogens is 438 g/mol. The van der Waals surface area contributed by atoms with Gasteiger partial charge in [0.2, 0.25) is 5.91 Å². The average Bonchev–Trinajstić information content (AvgIpc) is 3.19. The molecule has 1 aromatic rings. The number of sulfonamides is 1. The van der Waals surface area contributed by atoms with Crippen molar-refractivity contribution in [1.82, 2.24) is 14.6 Å². The number of primary amides is 1. The minimum atomic E-state index is -3.95. The summed E-state index contributed by atoms with van der Waals surface area (Å²) in [6, 6.07) is -0.821. The van der Waals surface area contributed by atoms with Crippen LogP contribution < -0.4 is 15.8 Å². The predicted molar refractivity (Wildman–Crippen MR) is 120 cm³/mol. The number of aromatic nitrogens is 1. The molecule has 9 nitrogen and oxygen atoms in total. The fraction of sp³-hybridized carbons (Fsp3) is 0.750. The van der Waals surface area contributed by atoms with Gasteiger partial charge in [-0.2, -0.15) is 4.72 Å². The molecule has 2 saturated carbocycles. The quantitative estimate of drug-likeness (QED) is 0.562. The predicted octanol–water partition coefficient (Wildman–Crippen LogP) is 3.04. The maximum atomic E-state index is 13.3. The largest absolute Gasteiger partial charge is 0.368 e. The number of urea groups is 1. The second-order valence-electron chi connectivity index (χ2n) is 8.77. The lowest BCUT2D eigenvalue weighted by Crippen LogP contribution is -2.51. The van der Waals surface area contributed by atoms with Crippen LogP contribution in [0.25, 0.3) is 0 Å². The first-order chi connectivity index (χ1) is 14.7. The summed E-state index contributed by atoms with van der Waals surface area (Å²) in [5, 5.41) is 3.05. The van der Waals surface area contributed by atoms with Gasteiger partial charge >= 0.3 is 6.03 Å². The molecule has 3 rings (SSSR count). The Morgan fingerprint density at radius 1 is 1.13 bits per heavy atom. The van der Waals surface area contributed by atoms with Gasteiger partial charge in [0.15, 0.2) is 9.34 Å².